The van der Waals surface area contributed by atoms with Crippen LogP contribution < -0.4 is 0 Å². The summed E-state index contributed by atoms with van der Waals surface area (Å²) in [5, 5.41) is 17.2. The molecular weight excluding hydrogens is 230 g/mol. The third-order valence-corrected chi connectivity index (χ3v) is 3.58. The van der Waals surface area contributed by atoms with Crippen LogP contribution in [-0.2, 0) is 0 Å². The zero-order chi connectivity index (χ0) is 12.7. The molecule has 0 amide bonds. The molecule has 5 heteroatoms. The second kappa shape index (κ2) is 4.08. The topological polar surface area (TPSA) is 68.0 Å². The van der Waals surface area contributed by atoms with Gasteiger partial charge in [0.1, 0.15) is 5.52 Å². The molecule has 1 aromatic heterocycles. The Bertz CT molecular complexity index is 605. The maximum absolute atomic E-state index is 10.9. The summed E-state index contributed by atoms with van der Waals surface area (Å²) in [6.45, 7) is 2.19. The second-order valence-corrected chi connectivity index (χ2v) is 4.89. The first kappa shape index (κ1) is 11.2. The van der Waals surface area contributed by atoms with E-state index in [-0.39, 0.29) is 5.56 Å². The van der Waals surface area contributed by atoms with E-state index >= 15 is 0 Å². The lowest BCUT2D eigenvalue weighted by Crippen LogP contribution is -1.99. The minimum Gasteiger partial charge on any atom is -0.478 e. The van der Waals surface area contributed by atoms with Crippen molar-refractivity contribution < 1.29 is 9.90 Å². The van der Waals surface area contributed by atoms with Gasteiger partial charge < -0.3 is 5.11 Å². The van der Waals surface area contributed by atoms with Gasteiger partial charge in [-0.15, -0.1) is 5.10 Å². The minimum absolute atomic E-state index is 0.260. The van der Waals surface area contributed by atoms with E-state index in [1.54, 1.807) is 18.2 Å². The molecular formula is C13H15N3O2. The molecule has 3 rings (SSSR count). The number of benzene rings is 1. The Morgan fingerprint density at radius 2 is 2.39 bits per heavy atom. The van der Waals surface area contributed by atoms with Crippen LogP contribution in [0.5, 0.6) is 0 Å². The summed E-state index contributed by atoms with van der Waals surface area (Å²) in [7, 11) is 0. The van der Waals surface area contributed by atoms with Gasteiger partial charge in [0.05, 0.1) is 17.1 Å². The molecule has 0 bridgehead atoms. The summed E-state index contributed by atoms with van der Waals surface area (Å²) in [4.78, 5) is 10.9. The smallest absolute Gasteiger partial charge is 0.335 e. The molecule has 1 fully saturated rings. The van der Waals surface area contributed by atoms with Crippen LogP contribution in [0.1, 0.15) is 42.6 Å². The Balaban J connectivity index is 1.94. The average Bonchev–Trinajstić information content (AvgIpc) is 2.99. The molecule has 1 aliphatic rings. The molecule has 0 saturated heterocycles. The van der Waals surface area contributed by atoms with Crippen molar-refractivity contribution >= 4 is 17.0 Å². The number of hydrogen-bond donors (Lipinski definition) is 1. The lowest BCUT2D eigenvalue weighted by Gasteiger charge is -2.01. The van der Waals surface area contributed by atoms with Crippen LogP contribution in [0.15, 0.2) is 18.2 Å². The summed E-state index contributed by atoms with van der Waals surface area (Å²) in [6.07, 6.45) is 3.57. The van der Waals surface area contributed by atoms with E-state index in [2.05, 4.69) is 17.2 Å². The Hall–Kier alpha value is -1.91. The lowest BCUT2D eigenvalue weighted by molar-refractivity contribution is 0.0697. The Labute approximate surface area is 104 Å². The molecule has 94 valence electrons. The second-order valence-electron chi connectivity index (χ2n) is 4.89. The number of carbonyl (C=O) groups is 1. The largest absolute Gasteiger partial charge is 0.478 e. The third-order valence-electron chi connectivity index (χ3n) is 3.58. The molecule has 0 aliphatic heterocycles. The quantitative estimate of drug-likeness (QED) is 0.898. The Kier molecular flexibility index (Phi) is 2.54. The fraction of sp³-hybridized carbons (Fsp3) is 0.462. The number of carboxylic acid groups (broad SMARTS) is 1. The molecule has 2 aromatic rings. The van der Waals surface area contributed by atoms with Crippen molar-refractivity contribution in [2.75, 3.05) is 0 Å². The minimum atomic E-state index is -0.929. The molecule has 1 aliphatic carbocycles. The number of fused-ring (bicyclic) bond motifs is 1. The summed E-state index contributed by atoms with van der Waals surface area (Å²) in [6, 6.07) is 5.45. The maximum Gasteiger partial charge on any atom is 0.335 e. The van der Waals surface area contributed by atoms with Crippen LogP contribution in [0.25, 0.3) is 11.0 Å². The molecule has 1 heterocycles. The Morgan fingerprint density at radius 1 is 1.56 bits per heavy atom. The predicted molar refractivity (Wildman–Crippen MR) is 66.5 cm³/mol. The molecule has 18 heavy (non-hydrogen) atoms. The molecule has 2 atom stereocenters. The van der Waals surface area contributed by atoms with Crippen LogP contribution in [0.3, 0.4) is 0 Å². The molecule has 1 N–H and O–H groups in total. The van der Waals surface area contributed by atoms with Gasteiger partial charge >= 0.3 is 5.97 Å². The monoisotopic (exact) mass is 245 g/mol. The van der Waals surface area contributed by atoms with Crippen molar-refractivity contribution in [1.29, 1.82) is 0 Å². The maximum atomic E-state index is 10.9. The van der Waals surface area contributed by atoms with Crippen LogP contribution in [0.4, 0.5) is 0 Å². The van der Waals surface area contributed by atoms with Crippen molar-refractivity contribution in [2.45, 2.75) is 32.2 Å². The van der Waals surface area contributed by atoms with Gasteiger partial charge in [-0.2, -0.15) is 0 Å². The first-order valence-electron chi connectivity index (χ1n) is 6.29. The van der Waals surface area contributed by atoms with Crippen LogP contribution in [0.2, 0.25) is 0 Å². The number of rotatable bonds is 4. The van der Waals surface area contributed by atoms with Crippen LogP contribution in [-0.4, -0.2) is 26.1 Å². The predicted octanol–water partition coefficient (Wildman–Crippen LogP) is 2.49. The van der Waals surface area contributed by atoms with Gasteiger partial charge in [-0.25, -0.2) is 9.48 Å². The van der Waals surface area contributed by atoms with Gasteiger partial charge in [-0.05, 0) is 37.0 Å². The fourth-order valence-corrected chi connectivity index (χ4v) is 2.53. The van der Waals surface area contributed by atoms with E-state index in [0.717, 1.165) is 11.9 Å². The zero-order valence-electron chi connectivity index (χ0n) is 10.2. The van der Waals surface area contributed by atoms with E-state index in [4.69, 9.17) is 5.11 Å². The summed E-state index contributed by atoms with van der Waals surface area (Å²) in [5.74, 6) is -0.221. The highest BCUT2D eigenvalue weighted by atomic mass is 16.4. The average molecular weight is 245 g/mol. The highest BCUT2D eigenvalue weighted by Gasteiger charge is 2.39. The summed E-state index contributed by atoms with van der Waals surface area (Å²) in [5.41, 5.74) is 1.86. The first-order valence-corrected chi connectivity index (χ1v) is 6.29. The van der Waals surface area contributed by atoms with Gasteiger partial charge in [0, 0.05) is 0 Å². The van der Waals surface area contributed by atoms with E-state index < -0.39 is 5.97 Å². The van der Waals surface area contributed by atoms with Crippen molar-refractivity contribution in [3.8, 4) is 0 Å². The molecule has 5 nitrogen and oxygen atoms in total. The van der Waals surface area contributed by atoms with Gasteiger partial charge in [0.2, 0.25) is 0 Å². The van der Waals surface area contributed by atoms with Crippen molar-refractivity contribution in [3.05, 3.63) is 23.8 Å². The van der Waals surface area contributed by atoms with E-state index in [1.807, 2.05) is 4.68 Å². The van der Waals surface area contributed by atoms with Crippen molar-refractivity contribution in [3.63, 3.8) is 0 Å². The summed E-state index contributed by atoms with van der Waals surface area (Å²) < 4.78 is 1.95. The van der Waals surface area contributed by atoms with E-state index in [9.17, 15) is 4.79 Å². The van der Waals surface area contributed by atoms with E-state index in [0.29, 0.717) is 17.5 Å². The molecule has 1 aromatic carbocycles. The highest BCUT2D eigenvalue weighted by molar-refractivity contribution is 5.92. The van der Waals surface area contributed by atoms with Crippen molar-refractivity contribution in [1.82, 2.24) is 15.0 Å². The Morgan fingerprint density at radius 3 is 3.11 bits per heavy atom. The summed E-state index contributed by atoms with van der Waals surface area (Å²) >= 11 is 0. The van der Waals surface area contributed by atoms with E-state index in [1.165, 1.54) is 12.8 Å². The SMILES string of the molecule is CCCC1CC1n1nnc2cc(C(=O)O)ccc21. The number of hydrogen-bond acceptors (Lipinski definition) is 3. The van der Waals surface area contributed by atoms with Gasteiger partial charge in [0.15, 0.2) is 0 Å². The number of aromatic nitrogens is 3. The van der Waals surface area contributed by atoms with Gasteiger partial charge in [-0.1, -0.05) is 18.6 Å². The normalized spacial score (nSPS) is 22.3. The molecule has 0 radical (unpaired) electrons. The third kappa shape index (κ3) is 1.75. The van der Waals surface area contributed by atoms with Crippen LogP contribution >= 0.6 is 0 Å². The fourth-order valence-electron chi connectivity index (χ4n) is 2.53. The van der Waals surface area contributed by atoms with Crippen molar-refractivity contribution in [2.24, 2.45) is 5.92 Å². The zero-order valence-corrected chi connectivity index (χ0v) is 10.2. The molecule has 2 unspecified atom stereocenters. The van der Waals surface area contributed by atoms with Gasteiger partial charge in [0.25, 0.3) is 0 Å². The highest BCUT2D eigenvalue weighted by Crippen LogP contribution is 2.46. The first-order chi connectivity index (χ1) is 8.70. The molecule has 0 spiro atoms. The lowest BCUT2D eigenvalue weighted by atomic mass is 10.2. The number of carboxylic acids is 1. The van der Waals surface area contributed by atoms with Crippen LogP contribution in [0, 0.1) is 5.92 Å². The number of nitrogens with zero attached hydrogens (tertiary/aromatic N) is 3. The standard InChI is InChI=1S/C13H15N3O2/c1-2-3-8-7-12(8)16-11-5-4-9(13(17)18)6-10(11)14-15-16/h4-6,8,12H,2-3,7H2,1H3,(H,17,18). The number of aromatic carboxylic acids is 1. The molecule has 1 saturated carbocycles. The van der Waals surface area contributed by atoms with Gasteiger partial charge in [-0.3, -0.25) is 0 Å².